The van der Waals surface area contributed by atoms with Crippen molar-refractivity contribution in [2.45, 2.75) is 68.3 Å². The first kappa shape index (κ1) is 41.4. The van der Waals surface area contributed by atoms with E-state index in [1.165, 1.54) is 0 Å². The van der Waals surface area contributed by atoms with E-state index in [0.29, 0.717) is 28.0 Å². The Balaban J connectivity index is 1.33. The minimum absolute atomic E-state index is 0.0811. The van der Waals surface area contributed by atoms with Gasteiger partial charge in [-0.15, -0.1) is 0 Å². The van der Waals surface area contributed by atoms with Crippen molar-refractivity contribution < 1.29 is 33.8 Å². The van der Waals surface area contributed by atoms with Crippen LogP contribution in [0.5, 0.6) is 5.75 Å². The first-order valence-corrected chi connectivity index (χ1v) is 21.5. The highest BCUT2D eigenvalue weighted by Crippen LogP contribution is 2.66. The monoisotopic (exact) mass is 840 g/mol. The molecule has 3 aliphatic heterocycles. The summed E-state index contributed by atoms with van der Waals surface area (Å²) >= 11 is 0. The number of morpholine rings is 1. The van der Waals surface area contributed by atoms with Crippen LogP contribution in [0.3, 0.4) is 0 Å². The van der Waals surface area contributed by atoms with Crippen LogP contribution in [-0.2, 0) is 24.5 Å². The number of esters is 1. The van der Waals surface area contributed by atoms with Gasteiger partial charge in [-0.1, -0.05) is 127 Å². The van der Waals surface area contributed by atoms with Crippen LogP contribution in [0.2, 0.25) is 0 Å². The van der Waals surface area contributed by atoms with Gasteiger partial charge in [0.05, 0.1) is 36.3 Å². The lowest BCUT2D eigenvalue weighted by molar-refractivity contribution is -0.178. The Kier molecular flexibility index (Phi) is 11.4. The Morgan fingerprint density at radius 1 is 0.873 bits per heavy atom. The summed E-state index contributed by atoms with van der Waals surface area (Å²) in [6.45, 7) is 1.44. The number of imide groups is 1. The molecule has 4 amide bonds. The number of para-hydroxylation sites is 1. The van der Waals surface area contributed by atoms with Gasteiger partial charge in [0.15, 0.2) is 0 Å². The number of aliphatic hydroxyl groups excluding tert-OH is 1. The molecule has 0 radical (unpaired) electrons. The minimum atomic E-state index is -2.03. The number of fused-ring (bicyclic) bond motifs is 3. The van der Waals surface area contributed by atoms with Gasteiger partial charge in [-0.2, -0.15) is 0 Å². The van der Waals surface area contributed by atoms with E-state index in [2.05, 4.69) is 23.2 Å². The molecular weight excluding hydrogens is 793 g/mol. The lowest BCUT2D eigenvalue weighted by atomic mass is 9.65. The number of nitrogens with two attached hydrogens (primary N) is 1. The number of carbonyl (C=O) groups is 4. The molecule has 318 valence electrons. The molecule has 5 aromatic carbocycles. The predicted molar refractivity (Wildman–Crippen MR) is 237 cm³/mol. The van der Waals surface area contributed by atoms with Gasteiger partial charge in [0.1, 0.15) is 29.9 Å². The molecule has 1 aliphatic carbocycles. The van der Waals surface area contributed by atoms with Gasteiger partial charge in [-0.3, -0.25) is 19.3 Å². The van der Waals surface area contributed by atoms with Crippen molar-refractivity contribution in [1.82, 2.24) is 10.2 Å². The molecule has 3 heterocycles. The van der Waals surface area contributed by atoms with Crippen molar-refractivity contribution in [3.63, 3.8) is 0 Å². The molecule has 5 aromatic rings. The smallest absolute Gasteiger partial charge is 0.329 e. The van der Waals surface area contributed by atoms with E-state index in [1.54, 1.807) is 42.5 Å². The van der Waals surface area contributed by atoms with Crippen LogP contribution in [0.25, 0.3) is 0 Å². The van der Waals surface area contributed by atoms with Crippen LogP contribution in [0.4, 0.5) is 10.5 Å². The number of benzene rings is 5. The maximum absolute atomic E-state index is 16.3. The second-order valence-corrected chi connectivity index (χ2v) is 16.5. The van der Waals surface area contributed by atoms with Crippen LogP contribution in [0.15, 0.2) is 145 Å². The van der Waals surface area contributed by atoms with Gasteiger partial charge in [-0.05, 0) is 84.7 Å². The summed E-state index contributed by atoms with van der Waals surface area (Å²) in [4.78, 5) is 63.8. The molecule has 7 unspecified atom stereocenters. The Labute approximate surface area is 366 Å². The second-order valence-electron chi connectivity index (χ2n) is 16.5. The summed E-state index contributed by atoms with van der Waals surface area (Å²) in [5.74, 6) is 2.98. The lowest BCUT2D eigenvalue weighted by Crippen LogP contribution is -2.55. The normalized spacial score (nSPS) is 24.3. The molecule has 0 bridgehead atoms. The number of cyclic esters (lactones) is 1. The first-order chi connectivity index (χ1) is 30.7. The fraction of sp³-hybridized carbons (Fsp3) is 0.269. The molecule has 7 atom stereocenters. The third-order valence-electron chi connectivity index (χ3n) is 12.8. The summed E-state index contributed by atoms with van der Waals surface area (Å²) in [5.41, 5.74) is 9.35. The van der Waals surface area contributed by atoms with Crippen LogP contribution in [0, 0.1) is 17.8 Å². The Bertz CT molecular complexity index is 2640. The fourth-order valence-corrected chi connectivity index (χ4v) is 10.2. The number of nitrogens with one attached hydrogen (secondary N) is 1. The lowest BCUT2D eigenvalue weighted by Gasteiger charge is -2.46. The van der Waals surface area contributed by atoms with Gasteiger partial charge in [0.2, 0.25) is 11.8 Å². The van der Waals surface area contributed by atoms with Crippen molar-refractivity contribution in [3.05, 3.63) is 178 Å². The third-order valence-corrected chi connectivity index (χ3v) is 12.8. The molecule has 63 heavy (non-hydrogen) atoms. The van der Waals surface area contributed by atoms with E-state index in [-0.39, 0.29) is 18.9 Å². The number of carbonyl (C=O) groups excluding carboxylic acids is 4. The van der Waals surface area contributed by atoms with Crippen molar-refractivity contribution in [1.29, 1.82) is 0 Å². The van der Waals surface area contributed by atoms with Crippen LogP contribution >= 0.6 is 0 Å². The van der Waals surface area contributed by atoms with Gasteiger partial charge in [0, 0.05) is 11.1 Å². The summed E-state index contributed by atoms with van der Waals surface area (Å²) in [7, 11) is 0. The number of allylic oxidation sites excluding steroid dienone is 2. The van der Waals surface area contributed by atoms with Gasteiger partial charge in [0.25, 0.3) is 0 Å². The molecule has 4 N–H and O–H groups in total. The van der Waals surface area contributed by atoms with E-state index < -0.39 is 65.4 Å². The van der Waals surface area contributed by atoms with Crippen molar-refractivity contribution in [3.8, 4) is 17.6 Å². The zero-order valence-corrected chi connectivity index (χ0v) is 34.9. The van der Waals surface area contributed by atoms with Crippen molar-refractivity contribution in [2.24, 2.45) is 11.7 Å². The van der Waals surface area contributed by atoms with E-state index in [1.807, 2.05) is 103 Å². The van der Waals surface area contributed by atoms with E-state index in [0.717, 1.165) is 47.3 Å². The van der Waals surface area contributed by atoms with E-state index in [4.69, 9.17) is 15.2 Å². The van der Waals surface area contributed by atoms with Gasteiger partial charge in [-0.25, -0.2) is 9.69 Å². The van der Waals surface area contributed by atoms with Crippen LogP contribution < -0.4 is 20.7 Å². The number of hydrogen-bond acceptors (Lipinski definition) is 8. The standard InChI is InChI=1S/C52H48N4O7/c1-33(36-18-8-3-9-19-36)54-51(61)55-41-29-28-35(27-26-34-16-6-2-7-17-34)32-40(41)52(50(55)60)43(48(53)58)45-49(59)63-46(38-22-12-5-13-23-38)44(37-20-10-4-11-21-37)56(45)47(52)39-24-14-15-25-42(39)62-31-30-57/h3-5,8-16,18-25,28-29,32-33,43-47,57H,2,6-7,17,30-31H2,1H3,(H2,53,58)(H,54,61). The highest BCUT2D eigenvalue weighted by molar-refractivity contribution is 6.24. The number of nitrogens with zero attached hydrogens (tertiary/aromatic N) is 2. The molecular formula is C52H48N4O7. The highest BCUT2D eigenvalue weighted by atomic mass is 16.6. The molecule has 11 nitrogen and oxygen atoms in total. The highest BCUT2D eigenvalue weighted by Gasteiger charge is 2.75. The predicted octanol–water partition coefficient (Wildman–Crippen LogP) is 7.53. The molecule has 1 spiro atoms. The number of aliphatic hydroxyl groups is 1. The number of primary amides is 1. The Morgan fingerprint density at radius 3 is 2.24 bits per heavy atom. The SMILES string of the molecule is CC(NC(=O)N1C(=O)C2(c3cc(C#CC4=CCCCC4)ccc31)C(C(N)=O)C1C(=O)OC(c3ccccc3)C(c3ccccc3)N1C2c1ccccc1OCCO)c1ccccc1. The molecule has 11 heteroatoms. The number of rotatable bonds is 9. The first-order valence-electron chi connectivity index (χ1n) is 21.5. The number of urea groups is 1. The number of ether oxygens (including phenoxy) is 2. The van der Waals surface area contributed by atoms with Crippen molar-refractivity contribution in [2.75, 3.05) is 18.1 Å². The summed E-state index contributed by atoms with van der Waals surface area (Å²) in [5, 5.41) is 13.0. The Hall–Kier alpha value is -7.00. The molecule has 4 aliphatic rings. The fourth-order valence-electron chi connectivity index (χ4n) is 10.2. The topological polar surface area (TPSA) is 151 Å². The van der Waals surface area contributed by atoms with E-state index in [9.17, 15) is 14.7 Å². The number of anilines is 1. The zero-order valence-electron chi connectivity index (χ0n) is 34.9. The molecule has 2 saturated heterocycles. The number of amides is 4. The molecule has 9 rings (SSSR count). The zero-order chi connectivity index (χ0) is 43.7. The maximum Gasteiger partial charge on any atom is 0.329 e. The summed E-state index contributed by atoms with van der Waals surface area (Å²) in [6, 6.07) is 35.9. The van der Waals surface area contributed by atoms with Crippen LogP contribution in [0.1, 0.15) is 90.2 Å². The number of hydrogen-bond donors (Lipinski definition) is 3. The molecule has 0 aromatic heterocycles. The van der Waals surface area contributed by atoms with E-state index >= 15 is 9.59 Å². The van der Waals surface area contributed by atoms with Crippen molar-refractivity contribution >= 4 is 29.5 Å². The quantitative estimate of drug-likeness (QED) is 0.102. The maximum atomic E-state index is 16.3. The van der Waals surface area contributed by atoms with Crippen LogP contribution in [-0.4, -0.2) is 53.1 Å². The second kappa shape index (κ2) is 17.4. The molecule has 2 fully saturated rings. The Morgan fingerprint density at radius 2 is 1.56 bits per heavy atom. The third kappa shape index (κ3) is 7.25. The summed E-state index contributed by atoms with van der Waals surface area (Å²) < 4.78 is 12.7. The van der Waals surface area contributed by atoms with Gasteiger partial charge >= 0.3 is 12.0 Å². The van der Waals surface area contributed by atoms with Gasteiger partial charge < -0.3 is 25.6 Å². The summed E-state index contributed by atoms with van der Waals surface area (Å²) in [6.07, 6.45) is 5.17. The molecule has 0 saturated carbocycles. The minimum Gasteiger partial charge on any atom is -0.491 e. The average Bonchev–Trinajstić information content (AvgIpc) is 3.77. The largest absolute Gasteiger partial charge is 0.491 e. The average molecular weight is 841 g/mol.